The van der Waals surface area contributed by atoms with Gasteiger partial charge in [0.1, 0.15) is 11.9 Å². The highest BCUT2D eigenvalue weighted by atomic mass is 32.2. The minimum atomic E-state index is -3.69. The number of aromatic nitrogens is 2. The second kappa shape index (κ2) is 9.04. The number of phenolic OH excluding ortho intramolecular Hbond substituents is 1. The zero-order valence-corrected chi connectivity index (χ0v) is 18.6. The molecular formula is C20H24F2N4O5S. The largest absolute Gasteiger partial charge is 0.507 e. The molecule has 1 aliphatic carbocycles. The maximum atomic E-state index is 14.9. The first-order valence-electron chi connectivity index (χ1n) is 9.67. The predicted molar refractivity (Wildman–Crippen MR) is 111 cm³/mol. The molecule has 2 N–H and O–H groups in total. The van der Waals surface area contributed by atoms with E-state index in [2.05, 4.69) is 14.7 Å². The summed E-state index contributed by atoms with van der Waals surface area (Å²) in [5.41, 5.74) is -0.536. The van der Waals surface area contributed by atoms with Crippen LogP contribution in [-0.2, 0) is 26.1 Å². The normalized spacial score (nSPS) is 23.3. The van der Waals surface area contributed by atoms with Crippen LogP contribution in [0.4, 0.5) is 8.78 Å². The Labute approximate surface area is 184 Å². The minimum Gasteiger partial charge on any atom is -0.507 e. The second-order valence-electron chi connectivity index (χ2n) is 7.94. The van der Waals surface area contributed by atoms with Gasteiger partial charge in [-0.25, -0.2) is 37.0 Å². The maximum Gasteiger partial charge on any atom is 0.252 e. The molecule has 0 aliphatic heterocycles. The molecule has 1 aromatic heterocycles. The van der Waals surface area contributed by atoms with Gasteiger partial charge >= 0.3 is 0 Å². The number of alkyl halides is 1. The summed E-state index contributed by atoms with van der Waals surface area (Å²) in [4.78, 5) is 25.9. The number of phenols is 1. The molecule has 0 bridgehead atoms. The van der Waals surface area contributed by atoms with Gasteiger partial charge in [-0.3, -0.25) is 9.63 Å². The molecule has 3 atom stereocenters. The van der Waals surface area contributed by atoms with Crippen molar-refractivity contribution in [3.8, 4) is 17.1 Å². The van der Waals surface area contributed by atoms with Crippen molar-refractivity contribution < 1.29 is 31.9 Å². The molecule has 0 radical (unpaired) electrons. The third-order valence-corrected chi connectivity index (χ3v) is 6.21. The van der Waals surface area contributed by atoms with Crippen LogP contribution in [0.15, 0.2) is 30.6 Å². The van der Waals surface area contributed by atoms with Gasteiger partial charge < -0.3 is 5.11 Å². The predicted octanol–water partition coefficient (Wildman–Crippen LogP) is 1.59. The molecule has 0 saturated heterocycles. The second-order valence-corrected chi connectivity index (χ2v) is 9.72. The molecule has 32 heavy (non-hydrogen) atoms. The average Bonchev–Trinajstić information content (AvgIpc) is 3.03. The van der Waals surface area contributed by atoms with E-state index in [0.29, 0.717) is 5.56 Å². The van der Waals surface area contributed by atoms with Gasteiger partial charge in [0.2, 0.25) is 10.0 Å². The third-order valence-electron chi connectivity index (χ3n) is 5.48. The van der Waals surface area contributed by atoms with E-state index in [1.165, 1.54) is 26.3 Å². The molecule has 1 heterocycles. The van der Waals surface area contributed by atoms with Crippen LogP contribution in [0, 0.1) is 11.2 Å². The lowest BCUT2D eigenvalue weighted by atomic mass is 9.78. The fourth-order valence-corrected chi connectivity index (χ4v) is 4.84. The summed E-state index contributed by atoms with van der Waals surface area (Å²) in [7, 11) is -1.01. The molecule has 3 rings (SSSR count). The van der Waals surface area contributed by atoms with Gasteiger partial charge in [0, 0.05) is 7.05 Å². The summed E-state index contributed by atoms with van der Waals surface area (Å²) < 4.78 is 53.6. The van der Waals surface area contributed by atoms with Crippen molar-refractivity contribution in [2.24, 2.45) is 5.41 Å². The molecule has 1 aliphatic rings. The van der Waals surface area contributed by atoms with Crippen LogP contribution < -0.4 is 4.72 Å². The fourth-order valence-electron chi connectivity index (χ4n) is 4.06. The SMILES string of the molecule is CON(C)C(=O)[C@@]1(Cc2ccc(O)c(-c3ncc(F)cn3)c2)C[C@H](F)[C@H](NS(C)(=O)=O)C1. The first-order chi connectivity index (χ1) is 14.9. The summed E-state index contributed by atoms with van der Waals surface area (Å²) in [6.07, 6.45) is 0.982. The number of hydroxylamine groups is 2. The fraction of sp³-hybridized carbons (Fsp3) is 0.450. The topological polar surface area (TPSA) is 122 Å². The minimum absolute atomic E-state index is 0.0381. The van der Waals surface area contributed by atoms with Gasteiger partial charge in [0.25, 0.3) is 5.91 Å². The van der Waals surface area contributed by atoms with Crippen LogP contribution in [0.5, 0.6) is 5.75 Å². The quantitative estimate of drug-likeness (QED) is 0.590. The number of nitrogens with one attached hydrogen (secondary N) is 1. The van der Waals surface area contributed by atoms with Crippen molar-refractivity contribution >= 4 is 15.9 Å². The molecule has 0 unspecified atom stereocenters. The first kappa shape index (κ1) is 24.0. The Hall–Kier alpha value is -2.70. The van der Waals surface area contributed by atoms with E-state index in [9.17, 15) is 27.1 Å². The number of nitrogens with zero attached hydrogens (tertiary/aromatic N) is 3. The average molecular weight is 470 g/mol. The van der Waals surface area contributed by atoms with Gasteiger partial charge in [-0.1, -0.05) is 6.07 Å². The third kappa shape index (κ3) is 5.19. The summed E-state index contributed by atoms with van der Waals surface area (Å²) in [5, 5.41) is 11.2. The van der Waals surface area contributed by atoms with Crippen LogP contribution in [-0.4, -0.2) is 67.1 Å². The standard InChI is InChI=1S/C20H24F2N4O5S/c1-26(31-2)19(28)20(8-15(22)16(9-20)25-32(3,29)30)7-12-4-5-17(27)14(6-12)18-23-10-13(21)11-24-18/h4-6,10-11,15-16,25,27H,7-9H2,1-3H3/t15-,16+,20-/m0/s1. The Kier molecular flexibility index (Phi) is 6.77. The van der Waals surface area contributed by atoms with Crippen molar-refractivity contribution in [2.45, 2.75) is 31.5 Å². The number of halogens is 2. The van der Waals surface area contributed by atoms with E-state index in [0.717, 1.165) is 23.7 Å². The number of carbonyl (C=O) groups is 1. The molecule has 1 amide bonds. The number of hydrogen-bond donors (Lipinski definition) is 2. The van der Waals surface area contributed by atoms with Gasteiger partial charge in [0.15, 0.2) is 11.6 Å². The van der Waals surface area contributed by atoms with Crippen molar-refractivity contribution in [1.29, 1.82) is 0 Å². The molecule has 174 valence electrons. The van der Waals surface area contributed by atoms with E-state index < -0.39 is 39.4 Å². The van der Waals surface area contributed by atoms with Crippen molar-refractivity contribution in [3.63, 3.8) is 0 Å². The monoisotopic (exact) mass is 470 g/mol. The van der Waals surface area contributed by atoms with Crippen molar-refractivity contribution in [3.05, 3.63) is 42.0 Å². The molecule has 1 fully saturated rings. The van der Waals surface area contributed by atoms with Crippen LogP contribution in [0.1, 0.15) is 18.4 Å². The Bertz CT molecular complexity index is 1100. The molecule has 0 spiro atoms. The van der Waals surface area contributed by atoms with E-state index in [4.69, 9.17) is 4.84 Å². The van der Waals surface area contributed by atoms with Crippen LogP contribution in [0.2, 0.25) is 0 Å². The Morgan fingerprint density at radius 1 is 1.34 bits per heavy atom. The maximum absolute atomic E-state index is 14.9. The molecule has 2 aromatic rings. The number of sulfonamides is 1. The zero-order valence-electron chi connectivity index (χ0n) is 17.7. The van der Waals surface area contributed by atoms with E-state index in [-0.39, 0.29) is 36.4 Å². The highest BCUT2D eigenvalue weighted by Crippen LogP contribution is 2.45. The van der Waals surface area contributed by atoms with Crippen LogP contribution in [0.25, 0.3) is 11.4 Å². The van der Waals surface area contributed by atoms with Crippen LogP contribution in [0.3, 0.4) is 0 Å². The lowest BCUT2D eigenvalue weighted by Gasteiger charge is -2.31. The summed E-state index contributed by atoms with van der Waals surface area (Å²) >= 11 is 0. The van der Waals surface area contributed by atoms with Gasteiger partial charge in [-0.15, -0.1) is 0 Å². The number of aromatic hydroxyl groups is 1. The van der Waals surface area contributed by atoms with Gasteiger partial charge in [-0.2, -0.15) is 0 Å². The number of rotatable bonds is 7. The first-order valence-corrected chi connectivity index (χ1v) is 11.6. The molecule has 12 heteroatoms. The number of hydrogen-bond acceptors (Lipinski definition) is 7. The highest BCUT2D eigenvalue weighted by molar-refractivity contribution is 7.88. The number of carbonyl (C=O) groups excluding carboxylic acids is 1. The lowest BCUT2D eigenvalue weighted by Crippen LogP contribution is -2.43. The molecular weight excluding hydrogens is 446 g/mol. The van der Waals surface area contributed by atoms with E-state index in [1.807, 2.05) is 0 Å². The highest BCUT2D eigenvalue weighted by Gasteiger charge is 2.52. The van der Waals surface area contributed by atoms with Crippen molar-refractivity contribution in [2.75, 3.05) is 20.4 Å². The smallest absolute Gasteiger partial charge is 0.252 e. The van der Waals surface area contributed by atoms with Crippen molar-refractivity contribution in [1.82, 2.24) is 19.8 Å². The molecule has 9 nitrogen and oxygen atoms in total. The summed E-state index contributed by atoms with van der Waals surface area (Å²) in [5.74, 6) is -1.22. The molecule has 1 aromatic carbocycles. The number of amides is 1. The zero-order chi connectivity index (χ0) is 23.7. The van der Waals surface area contributed by atoms with E-state index in [1.54, 1.807) is 6.07 Å². The Balaban J connectivity index is 1.98. The Morgan fingerprint density at radius 3 is 2.59 bits per heavy atom. The number of benzene rings is 1. The van der Waals surface area contributed by atoms with Gasteiger partial charge in [-0.05, 0) is 37.0 Å². The van der Waals surface area contributed by atoms with Crippen LogP contribution >= 0.6 is 0 Å². The summed E-state index contributed by atoms with van der Waals surface area (Å²) in [6.45, 7) is 0. The van der Waals surface area contributed by atoms with Gasteiger partial charge in [0.05, 0.1) is 42.8 Å². The molecule has 1 saturated carbocycles. The Morgan fingerprint density at radius 2 is 2.00 bits per heavy atom. The lowest BCUT2D eigenvalue weighted by molar-refractivity contribution is -0.180. The van der Waals surface area contributed by atoms with E-state index >= 15 is 0 Å². The summed E-state index contributed by atoms with van der Waals surface area (Å²) in [6, 6.07) is 3.41.